The minimum absolute atomic E-state index is 0.0958. The molecule has 18 heavy (non-hydrogen) atoms. The molecule has 0 saturated carbocycles. The molecule has 0 saturated heterocycles. The van der Waals surface area contributed by atoms with Crippen LogP contribution in [0.15, 0.2) is 0 Å². The zero-order valence-corrected chi connectivity index (χ0v) is 11.3. The summed E-state index contributed by atoms with van der Waals surface area (Å²) in [5.74, 6) is -0.127. The van der Waals surface area contributed by atoms with Crippen LogP contribution < -0.4 is 10.6 Å². The van der Waals surface area contributed by atoms with Gasteiger partial charge in [0.05, 0.1) is 6.54 Å². The second-order valence-corrected chi connectivity index (χ2v) is 5.03. The van der Waals surface area contributed by atoms with Gasteiger partial charge in [0.25, 0.3) is 0 Å². The van der Waals surface area contributed by atoms with Crippen LogP contribution in [-0.4, -0.2) is 30.7 Å². The molecule has 0 atom stereocenters. The molecular formula is C12H23F3N2O. The second kappa shape index (κ2) is 7.61. The molecule has 0 radical (unpaired) electrons. The van der Waals surface area contributed by atoms with Gasteiger partial charge in [-0.3, -0.25) is 4.79 Å². The van der Waals surface area contributed by atoms with E-state index in [0.717, 1.165) is 6.42 Å². The Kier molecular flexibility index (Phi) is 7.28. The van der Waals surface area contributed by atoms with E-state index in [4.69, 9.17) is 0 Å². The predicted octanol–water partition coefficient (Wildman–Crippen LogP) is 2.61. The van der Waals surface area contributed by atoms with E-state index in [1.807, 2.05) is 20.8 Å². The van der Waals surface area contributed by atoms with Gasteiger partial charge >= 0.3 is 6.18 Å². The highest BCUT2D eigenvalue weighted by atomic mass is 19.4. The first-order chi connectivity index (χ1) is 8.16. The van der Waals surface area contributed by atoms with Crippen molar-refractivity contribution >= 4 is 5.91 Å². The number of nitrogens with one attached hydrogen (secondary N) is 2. The maximum Gasteiger partial charge on any atom is 0.389 e. The molecule has 0 unspecified atom stereocenters. The molecule has 1 amide bonds. The van der Waals surface area contributed by atoms with Crippen molar-refractivity contribution in [3.63, 3.8) is 0 Å². The van der Waals surface area contributed by atoms with E-state index in [1.165, 1.54) is 0 Å². The first-order valence-electron chi connectivity index (χ1n) is 6.25. The second-order valence-electron chi connectivity index (χ2n) is 5.03. The third kappa shape index (κ3) is 10.4. The molecule has 108 valence electrons. The van der Waals surface area contributed by atoms with Crippen LogP contribution >= 0.6 is 0 Å². The van der Waals surface area contributed by atoms with E-state index in [2.05, 4.69) is 10.6 Å². The van der Waals surface area contributed by atoms with Gasteiger partial charge in [-0.15, -0.1) is 0 Å². The predicted molar refractivity (Wildman–Crippen MR) is 65.3 cm³/mol. The Morgan fingerprint density at radius 3 is 2.28 bits per heavy atom. The summed E-state index contributed by atoms with van der Waals surface area (Å²) >= 11 is 0. The molecule has 0 aliphatic heterocycles. The van der Waals surface area contributed by atoms with Crippen molar-refractivity contribution in [2.45, 2.75) is 58.2 Å². The molecule has 0 heterocycles. The van der Waals surface area contributed by atoms with Crippen LogP contribution in [0.3, 0.4) is 0 Å². The van der Waals surface area contributed by atoms with Crippen molar-refractivity contribution in [3.8, 4) is 0 Å². The van der Waals surface area contributed by atoms with E-state index >= 15 is 0 Å². The van der Waals surface area contributed by atoms with Gasteiger partial charge in [0.2, 0.25) is 5.91 Å². The van der Waals surface area contributed by atoms with Gasteiger partial charge in [0, 0.05) is 12.0 Å². The van der Waals surface area contributed by atoms with Gasteiger partial charge in [0.15, 0.2) is 0 Å². The number of carbonyl (C=O) groups excluding carboxylic acids is 1. The van der Waals surface area contributed by atoms with E-state index < -0.39 is 12.6 Å². The minimum atomic E-state index is -4.08. The fourth-order valence-corrected chi connectivity index (χ4v) is 1.29. The average molecular weight is 268 g/mol. The summed E-state index contributed by atoms with van der Waals surface area (Å²) in [6.07, 6.45) is -3.50. The molecular weight excluding hydrogens is 245 g/mol. The third-order valence-electron chi connectivity index (χ3n) is 2.71. The SMILES string of the molecule is CCC(C)(C)NC(=O)CNCCCCC(F)(F)F. The maximum absolute atomic E-state index is 11.8. The van der Waals surface area contributed by atoms with E-state index in [1.54, 1.807) is 0 Å². The van der Waals surface area contributed by atoms with Crippen LogP contribution in [-0.2, 0) is 4.79 Å². The molecule has 0 aliphatic rings. The molecule has 0 fully saturated rings. The largest absolute Gasteiger partial charge is 0.389 e. The van der Waals surface area contributed by atoms with Gasteiger partial charge in [-0.05, 0) is 39.7 Å². The summed E-state index contributed by atoms with van der Waals surface area (Å²) < 4.78 is 35.5. The lowest BCUT2D eigenvalue weighted by Crippen LogP contribution is -2.46. The molecule has 0 aliphatic carbocycles. The monoisotopic (exact) mass is 268 g/mol. The van der Waals surface area contributed by atoms with Gasteiger partial charge in [-0.2, -0.15) is 13.2 Å². The van der Waals surface area contributed by atoms with E-state index in [0.29, 0.717) is 13.0 Å². The number of amides is 1. The fourth-order valence-electron chi connectivity index (χ4n) is 1.29. The number of rotatable bonds is 8. The summed E-state index contributed by atoms with van der Waals surface area (Å²) in [4.78, 5) is 11.5. The minimum Gasteiger partial charge on any atom is -0.350 e. The van der Waals surface area contributed by atoms with Crippen molar-refractivity contribution in [1.29, 1.82) is 0 Å². The Labute approximate surface area is 107 Å². The third-order valence-corrected chi connectivity index (χ3v) is 2.71. The molecule has 0 bridgehead atoms. The van der Waals surface area contributed by atoms with E-state index in [9.17, 15) is 18.0 Å². The highest BCUT2D eigenvalue weighted by Gasteiger charge is 2.25. The van der Waals surface area contributed by atoms with Crippen LogP contribution in [0.25, 0.3) is 0 Å². The topological polar surface area (TPSA) is 41.1 Å². The number of hydrogen-bond donors (Lipinski definition) is 2. The first-order valence-corrected chi connectivity index (χ1v) is 6.25. The molecule has 0 aromatic heterocycles. The zero-order chi connectivity index (χ0) is 14.2. The highest BCUT2D eigenvalue weighted by Crippen LogP contribution is 2.21. The summed E-state index contributed by atoms with van der Waals surface area (Å²) in [7, 11) is 0. The van der Waals surface area contributed by atoms with Crippen molar-refractivity contribution < 1.29 is 18.0 Å². The number of hydrogen-bond acceptors (Lipinski definition) is 2. The maximum atomic E-state index is 11.8. The molecule has 2 N–H and O–H groups in total. The van der Waals surface area contributed by atoms with Crippen LogP contribution in [0.5, 0.6) is 0 Å². The summed E-state index contributed by atoms with van der Waals surface area (Å²) in [5, 5.41) is 5.68. The average Bonchev–Trinajstić information content (AvgIpc) is 2.21. The van der Waals surface area contributed by atoms with Crippen molar-refractivity contribution in [2.75, 3.05) is 13.1 Å². The number of halogens is 3. The van der Waals surface area contributed by atoms with Gasteiger partial charge in [-0.1, -0.05) is 6.92 Å². The Balaban J connectivity index is 3.53. The van der Waals surface area contributed by atoms with Crippen LogP contribution in [0, 0.1) is 0 Å². The lowest BCUT2D eigenvalue weighted by Gasteiger charge is -2.24. The highest BCUT2D eigenvalue weighted by molar-refractivity contribution is 5.78. The fraction of sp³-hybridized carbons (Fsp3) is 0.917. The smallest absolute Gasteiger partial charge is 0.350 e. The quantitative estimate of drug-likeness (QED) is 0.664. The molecule has 0 rings (SSSR count). The Hall–Kier alpha value is -0.780. The Bertz CT molecular complexity index is 252. The summed E-state index contributed by atoms with van der Waals surface area (Å²) in [6.45, 7) is 6.40. The summed E-state index contributed by atoms with van der Waals surface area (Å²) in [6, 6.07) is 0. The molecule has 0 aromatic rings. The first kappa shape index (κ1) is 17.2. The van der Waals surface area contributed by atoms with Crippen LogP contribution in [0.4, 0.5) is 13.2 Å². The Morgan fingerprint density at radius 1 is 1.17 bits per heavy atom. The number of alkyl halides is 3. The van der Waals surface area contributed by atoms with Gasteiger partial charge < -0.3 is 10.6 Å². The lowest BCUT2D eigenvalue weighted by atomic mass is 10.0. The summed E-state index contributed by atoms with van der Waals surface area (Å²) in [5.41, 5.74) is -0.241. The van der Waals surface area contributed by atoms with E-state index in [-0.39, 0.29) is 24.4 Å². The van der Waals surface area contributed by atoms with Crippen molar-refractivity contribution in [3.05, 3.63) is 0 Å². The zero-order valence-electron chi connectivity index (χ0n) is 11.3. The molecule has 0 aromatic carbocycles. The molecule has 6 heteroatoms. The van der Waals surface area contributed by atoms with Crippen LogP contribution in [0.1, 0.15) is 46.5 Å². The van der Waals surface area contributed by atoms with Crippen molar-refractivity contribution in [2.24, 2.45) is 0 Å². The van der Waals surface area contributed by atoms with Gasteiger partial charge in [-0.25, -0.2) is 0 Å². The molecule has 3 nitrogen and oxygen atoms in total. The van der Waals surface area contributed by atoms with Crippen LogP contribution in [0.2, 0.25) is 0 Å². The lowest BCUT2D eigenvalue weighted by molar-refractivity contribution is -0.135. The standard InChI is InChI=1S/C12H23F3N2O/c1-4-11(2,3)17-10(18)9-16-8-6-5-7-12(13,14)15/h16H,4-9H2,1-3H3,(H,17,18). The van der Waals surface area contributed by atoms with Gasteiger partial charge in [0.1, 0.15) is 0 Å². The number of unbranched alkanes of at least 4 members (excludes halogenated alkanes) is 1. The number of carbonyl (C=O) groups is 1. The van der Waals surface area contributed by atoms with Crippen molar-refractivity contribution in [1.82, 2.24) is 10.6 Å². The molecule has 0 spiro atoms. The normalized spacial score (nSPS) is 12.6. The Morgan fingerprint density at radius 2 is 1.78 bits per heavy atom.